The fraction of sp³-hybridized carbons (Fsp3) is 1.00. The van der Waals surface area contributed by atoms with Crippen molar-refractivity contribution in [1.29, 1.82) is 0 Å². The summed E-state index contributed by atoms with van der Waals surface area (Å²) in [5.41, 5.74) is -4.82. The van der Waals surface area contributed by atoms with E-state index in [1.165, 1.54) is 0 Å². The molecule has 0 aromatic carbocycles. The van der Waals surface area contributed by atoms with Crippen LogP contribution in [0, 0.1) is 0 Å². The first-order chi connectivity index (χ1) is 7.27. The Morgan fingerprint density at radius 2 is 1.39 bits per heavy atom. The third-order valence-corrected chi connectivity index (χ3v) is 2.69. The van der Waals surface area contributed by atoms with Crippen molar-refractivity contribution in [3.63, 3.8) is 0 Å². The van der Waals surface area contributed by atoms with Crippen molar-refractivity contribution in [1.82, 2.24) is 0 Å². The highest BCUT2D eigenvalue weighted by atomic mass is 19.3. The molecule has 0 N–H and O–H groups in total. The maximum absolute atomic E-state index is 13.6. The molecule has 0 aromatic rings. The third kappa shape index (κ3) is 1.62. The van der Waals surface area contributed by atoms with Crippen LogP contribution < -0.4 is 0 Å². The minimum atomic E-state index is -5.69. The zero-order chi connectivity index (χ0) is 13.9. The Bertz CT molecular complexity index is 323. The van der Waals surface area contributed by atoms with Crippen molar-refractivity contribution < 1.29 is 39.9 Å². The Labute approximate surface area is 98.1 Å². The second kappa shape index (κ2) is 3.94. The van der Waals surface area contributed by atoms with Gasteiger partial charge in [-0.15, -0.1) is 0 Å². The molecule has 0 aliphatic carbocycles. The van der Waals surface area contributed by atoms with Gasteiger partial charge in [-0.25, -0.2) is 17.6 Å². The van der Waals surface area contributed by atoms with Crippen LogP contribution in [-0.2, 0) is 4.74 Å². The third-order valence-electron chi connectivity index (χ3n) is 2.69. The predicted octanol–water partition coefficient (Wildman–Crippen LogP) is 4.32. The van der Waals surface area contributed by atoms with Crippen molar-refractivity contribution in [2.45, 2.75) is 57.2 Å². The van der Waals surface area contributed by atoms with Crippen LogP contribution in [-0.4, -0.2) is 29.5 Å². The molecule has 0 amide bonds. The highest BCUT2D eigenvalue weighted by Gasteiger charge is 2.91. The zero-order valence-electron chi connectivity index (χ0n) is 8.64. The molecule has 9 heteroatoms. The van der Waals surface area contributed by atoms with E-state index in [0.29, 0.717) is 6.92 Å². The maximum atomic E-state index is 13.6. The first kappa shape index (κ1) is 17.4. The summed E-state index contributed by atoms with van der Waals surface area (Å²) in [4.78, 5) is 0. The van der Waals surface area contributed by atoms with E-state index < -0.39 is 35.9 Å². The van der Waals surface area contributed by atoms with Gasteiger partial charge in [-0.1, -0.05) is 14.4 Å². The molecule has 2 atom stereocenters. The summed E-state index contributed by atoms with van der Waals surface area (Å²) >= 11 is 0. The molecule has 1 aliphatic heterocycles. The van der Waals surface area contributed by atoms with Crippen molar-refractivity contribution in [2.24, 2.45) is 0 Å². The van der Waals surface area contributed by atoms with Crippen LogP contribution in [0.3, 0.4) is 0 Å². The van der Waals surface area contributed by atoms with E-state index in [1.807, 2.05) is 0 Å². The van der Waals surface area contributed by atoms with E-state index in [-0.39, 0.29) is 14.4 Å². The lowest BCUT2D eigenvalue weighted by molar-refractivity contribution is -0.368. The molecule has 1 fully saturated rings. The summed E-state index contributed by atoms with van der Waals surface area (Å²) in [6.07, 6.45) is -7.25. The van der Waals surface area contributed by atoms with Crippen LogP contribution in [0.5, 0.6) is 0 Å². The van der Waals surface area contributed by atoms with Crippen molar-refractivity contribution in [2.75, 3.05) is 0 Å². The molecule has 1 rings (SSSR count). The monoisotopic (exact) mass is 288 g/mol. The first-order valence-electron chi connectivity index (χ1n) is 4.48. The number of halogens is 8. The number of hydrogen-bond donors (Lipinski definition) is 0. The van der Waals surface area contributed by atoms with Gasteiger partial charge >= 0.3 is 23.8 Å². The molecule has 1 nitrogen and oxygen atoms in total. The van der Waals surface area contributed by atoms with Gasteiger partial charge in [0.2, 0.25) is 5.67 Å². The molecule has 18 heavy (non-hydrogen) atoms. The van der Waals surface area contributed by atoms with Crippen LogP contribution in [0.1, 0.15) is 27.7 Å². The number of alkyl halides is 8. The zero-order valence-corrected chi connectivity index (χ0v) is 8.64. The van der Waals surface area contributed by atoms with Gasteiger partial charge in [0.1, 0.15) is 0 Å². The second-order valence-electron chi connectivity index (χ2n) is 3.83. The van der Waals surface area contributed by atoms with Crippen LogP contribution in [0.25, 0.3) is 0 Å². The molecule has 110 valence electrons. The summed E-state index contributed by atoms with van der Waals surface area (Å²) in [6, 6.07) is 0. The van der Waals surface area contributed by atoms with Crippen molar-refractivity contribution >= 4 is 0 Å². The Morgan fingerprint density at radius 1 is 1.00 bits per heavy atom. The fourth-order valence-electron chi connectivity index (χ4n) is 1.64. The molecule has 1 aliphatic rings. The lowest BCUT2D eigenvalue weighted by Crippen LogP contribution is -2.61. The summed E-state index contributed by atoms with van der Waals surface area (Å²) in [5, 5.41) is 0. The summed E-state index contributed by atoms with van der Waals surface area (Å²) in [7, 11) is 0. The van der Waals surface area contributed by atoms with E-state index in [9.17, 15) is 35.1 Å². The molecular formula is C9H12F8O. The largest absolute Gasteiger partial charge is 0.425 e. The van der Waals surface area contributed by atoms with E-state index in [0.717, 1.165) is 0 Å². The predicted molar refractivity (Wildman–Crippen MR) is 46.3 cm³/mol. The molecule has 2 unspecified atom stereocenters. The van der Waals surface area contributed by atoms with E-state index in [1.54, 1.807) is 0 Å². The van der Waals surface area contributed by atoms with Crippen LogP contribution in [0.4, 0.5) is 35.1 Å². The van der Waals surface area contributed by atoms with Gasteiger partial charge in [0.15, 0.2) is 0 Å². The first-order valence-corrected chi connectivity index (χ1v) is 4.48. The fourth-order valence-corrected chi connectivity index (χ4v) is 1.64. The number of hydrogen-bond acceptors (Lipinski definition) is 1. The highest BCUT2D eigenvalue weighted by Crippen LogP contribution is 2.64. The number of ether oxygens (including phenoxy) is 1. The van der Waals surface area contributed by atoms with Gasteiger partial charge in [0.25, 0.3) is 0 Å². The van der Waals surface area contributed by atoms with Crippen molar-refractivity contribution in [3.8, 4) is 0 Å². The van der Waals surface area contributed by atoms with Gasteiger partial charge in [0, 0.05) is 6.92 Å². The summed E-state index contributed by atoms with van der Waals surface area (Å²) in [5.74, 6) is -15.6. The van der Waals surface area contributed by atoms with Gasteiger partial charge < -0.3 is 0 Å². The molecule has 0 radical (unpaired) electrons. The summed E-state index contributed by atoms with van der Waals surface area (Å²) < 4.78 is 107. The minimum Gasteiger partial charge on any atom is -0.269 e. The molecule has 1 heterocycles. The Kier molecular flexibility index (Phi) is 3.81. The highest BCUT2D eigenvalue weighted by molar-refractivity contribution is 5.16. The molecule has 0 saturated carbocycles. The van der Waals surface area contributed by atoms with Crippen molar-refractivity contribution in [3.05, 3.63) is 0 Å². The average Bonchev–Trinajstić information content (AvgIpc) is 2.22. The van der Waals surface area contributed by atoms with Crippen LogP contribution in [0.15, 0.2) is 0 Å². The Morgan fingerprint density at radius 3 is 1.61 bits per heavy atom. The van der Waals surface area contributed by atoms with Gasteiger partial charge in [0.05, 0.1) is 0 Å². The smallest absolute Gasteiger partial charge is 0.269 e. The molecule has 0 spiro atoms. The van der Waals surface area contributed by atoms with Crippen LogP contribution in [0.2, 0.25) is 0 Å². The molecular weight excluding hydrogens is 276 g/mol. The molecule has 1 saturated heterocycles. The maximum Gasteiger partial charge on any atom is 0.425 e. The normalized spacial score (nSPS) is 38.3. The van der Waals surface area contributed by atoms with E-state index in [4.69, 9.17) is 0 Å². The molecule has 0 aromatic heterocycles. The van der Waals surface area contributed by atoms with Gasteiger partial charge in [-0.2, -0.15) is 17.6 Å². The lowest BCUT2D eigenvalue weighted by Gasteiger charge is -2.35. The molecule has 0 bridgehead atoms. The standard InChI is InChI=1S/C8H8F8O.CH4/c1-3-5(11)6(12,13)8(15,16)17-7(5,14)4(2,9)10;/h3H2,1-2H3;1H4. The minimum absolute atomic E-state index is 0. The SMILES string of the molecule is C.CCC1(F)C(F)(F)C(F)(F)OC1(F)C(C)(F)F. The van der Waals surface area contributed by atoms with Gasteiger partial charge in [-0.05, 0) is 6.42 Å². The Balaban J connectivity index is 0.00000289. The number of rotatable bonds is 2. The quantitative estimate of drug-likeness (QED) is 0.688. The lowest BCUT2D eigenvalue weighted by atomic mass is 9.85. The summed E-state index contributed by atoms with van der Waals surface area (Å²) in [6.45, 7) is 0.229. The topological polar surface area (TPSA) is 9.23 Å². The van der Waals surface area contributed by atoms with E-state index in [2.05, 4.69) is 4.74 Å². The van der Waals surface area contributed by atoms with E-state index >= 15 is 0 Å². The van der Waals surface area contributed by atoms with Gasteiger partial charge in [-0.3, -0.25) is 4.74 Å². The van der Waals surface area contributed by atoms with Crippen LogP contribution >= 0.6 is 0 Å². The second-order valence-corrected chi connectivity index (χ2v) is 3.83. The average molecular weight is 288 g/mol. The Hall–Kier alpha value is -0.600.